The number of hydrogen-bond acceptors (Lipinski definition) is 9. The summed E-state index contributed by atoms with van der Waals surface area (Å²) in [5.41, 5.74) is 9.49. The second-order valence-corrected chi connectivity index (χ2v) is 20.7. The van der Waals surface area contributed by atoms with Gasteiger partial charge in [-0.1, -0.05) is 71.5 Å². The molecule has 2 fully saturated rings. The highest BCUT2D eigenvalue weighted by Crippen LogP contribution is 2.42. The molecule has 2 aromatic carbocycles. The number of amides is 4. The summed E-state index contributed by atoms with van der Waals surface area (Å²) in [5, 5.41) is 5.29. The van der Waals surface area contributed by atoms with Gasteiger partial charge in [0, 0.05) is 69.4 Å². The monoisotopic (exact) mass is 942 g/mol. The highest BCUT2D eigenvalue weighted by atomic mass is 28.1. The van der Waals surface area contributed by atoms with Crippen molar-refractivity contribution in [3.8, 4) is 22.4 Å². The molecule has 6 atom stereocenters. The normalized spacial score (nSPS) is 22.9. The van der Waals surface area contributed by atoms with Crippen LogP contribution in [-0.2, 0) is 52.8 Å². The molecule has 5 heterocycles. The molecule has 4 amide bonds. The summed E-state index contributed by atoms with van der Waals surface area (Å²) in [6.45, 7) is 19.7. The molecular weight excluding hydrogens is 875 g/mol. The molecule has 7 rings (SSSR count). The fourth-order valence-electron chi connectivity index (χ4n) is 10.6. The Bertz CT molecular complexity index is 2570. The minimum atomic E-state index is -1.27. The zero-order valence-corrected chi connectivity index (χ0v) is 42.2. The Morgan fingerprint density at radius 3 is 2.51 bits per heavy atom. The van der Waals surface area contributed by atoms with Crippen LogP contribution in [0.2, 0.25) is 0 Å². The van der Waals surface area contributed by atoms with Crippen LogP contribution in [0.25, 0.3) is 33.3 Å². The van der Waals surface area contributed by atoms with Crippen LogP contribution < -0.4 is 10.7 Å². The van der Waals surface area contributed by atoms with Crippen LogP contribution >= 0.6 is 0 Å². The maximum Gasteiger partial charge on any atom is 0.259 e. The molecule has 68 heavy (non-hydrogen) atoms. The fraction of sp³-hybridized carbons (Fsp3) is 0.509. The average Bonchev–Trinajstić information content (AvgIpc) is 3.86. The molecule has 2 aromatic heterocycles. The van der Waals surface area contributed by atoms with Crippen LogP contribution in [-0.4, -0.2) is 128 Å². The Morgan fingerprint density at radius 2 is 1.82 bits per heavy atom. The van der Waals surface area contributed by atoms with E-state index in [1.807, 2.05) is 45.9 Å². The number of hydrogen-bond donors (Lipinski definition) is 2. The summed E-state index contributed by atoms with van der Waals surface area (Å²) in [7, 11) is 6.66. The van der Waals surface area contributed by atoms with E-state index in [1.165, 1.54) is 16.0 Å². The number of fused-ring (bicyclic) bond motifs is 6. The number of benzene rings is 2. The topological polar surface area (TPSA) is 155 Å². The van der Waals surface area contributed by atoms with E-state index < -0.39 is 40.8 Å². The van der Waals surface area contributed by atoms with Crippen LogP contribution in [0.4, 0.5) is 0 Å². The molecule has 3 aliphatic rings. The number of methoxy groups -OCH3 is 1. The van der Waals surface area contributed by atoms with Crippen molar-refractivity contribution in [1.82, 2.24) is 35.1 Å². The van der Waals surface area contributed by atoms with Gasteiger partial charge in [0.1, 0.15) is 33.3 Å². The van der Waals surface area contributed by atoms with Gasteiger partial charge in [0.25, 0.3) is 5.91 Å². The molecule has 3 radical (unpaired) electrons. The van der Waals surface area contributed by atoms with E-state index in [-0.39, 0.29) is 54.7 Å². The lowest BCUT2D eigenvalue weighted by molar-refractivity contribution is -0.149. The van der Waals surface area contributed by atoms with Crippen molar-refractivity contribution in [3.63, 3.8) is 0 Å². The smallest absolute Gasteiger partial charge is 0.259 e. The number of carbonyl (C=O) groups is 5. The number of likely N-dealkylation sites (N-methyl/N-ethyl adjacent to an activating group) is 1. The second kappa shape index (κ2) is 20.6. The molecule has 6 bridgehead atoms. The van der Waals surface area contributed by atoms with Gasteiger partial charge in [0.05, 0.1) is 36.6 Å². The van der Waals surface area contributed by atoms with Gasteiger partial charge >= 0.3 is 0 Å². The first-order valence-electron chi connectivity index (χ1n) is 24.0. The van der Waals surface area contributed by atoms with E-state index in [0.717, 1.165) is 50.1 Å². The number of likely N-dealkylation sites (tertiary alicyclic amines) is 1. The van der Waals surface area contributed by atoms with Crippen molar-refractivity contribution in [1.29, 1.82) is 0 Å². The molecule has 0 spiro atoms. The quantitative estimate of drug-likeness (QED) is 0.135. The lowest BCUT2D eigenvalue weighted by Crippen LogP contribution is -2.68. The largest absolute Gasteiger partial charge is 0.378 e. The van der Waals surface area contributed by atoms with Gasteiger partial charge in [0.15, 0.2) is 0 Å². The maximum atomic E-state index is 15.0. The molecule has 3 aliphatic heterocycles. The second-order valence-electron chi connectivity index (χ2n) is 20.2. The first-order chi connectivity index (χ1) is 32.3. The Kier molecular flexibility index (Phi) is 15.3. The van der Waals surface area contributed by atoms with Gasteiger partial charge in [0.2, 0.25) is 17.7 Å². The summed E-state index contributed by atoms with van der Waals surface area (Å²) < 4.78 is 14.8. The minimum Gasteiger partial charge on any atom is -0.378 e. The predicted molar refractivity (Wildman–Crippen MR) is 264 cm³/mol. The Morgan fingerprint density at radius 1 is 1.07 bits per heavy atom. The molecule has 4 aromatic rings. The summed E-state index contributed by atoms with van der Waals surface area (Å²) in [5.74, 6) is -2.34. The fourth-order valence-corrected chi connectivity index (χ4v) is 10.8. The number of hydrazine groups is 1. The zero-order valence-electron chi connectivity index (χ0n) is 41.2. The number of nitrogens with one attached hydrogen (secondary N) is 2. The molecule has 361 valence electrons. The van der Waals surface area contributed by atoms with Gasteiger partial charge in [-0.3, -0.25) is 29.2 Å². The summed E-state index contributed by atoms with van der Waals surface area (Å²) in [4.78, 5) is 77.9. The van der Waals surface area contributed by atoms with Crippen molar-refractivity contribution in [2.75, 3.05) is 47.0 Å². The Labute approximate surface area is 404 Å². The van der Waals surface area contributed by atoms with Crippen molar-refractivity contribution in [2.45, 2.75) is 104 Å². The van der Waals surface area contributed by atoms with Crippen LogP contribution in [0.3, 0.4) is 0 Å². The lowest BCUT2D eigenvalue weighted by atomic mass is 9.84. The van der Waals surface area contributed by atoms with E-state index in [1.54, 1.807) is 25.3 Å². The first-order valence-corrected chi connectivity index (χ1v) is 24.5. The van der Waals surface area contributed by atoms with Crippen LogP contribution in [0.15, 0.2) is 73.4 Å². The summed E-state index contributed by atoms with van der Waals surface area (Å²) >= 11 is 0. The third-order valence-corrected chi connectivity index (χ3v) is 14.7. The van der Waals surface area contributed by atoms with Gasteiger partial charge in [-0.05, 0) is 103 Å². The molecular formula is C53H68N7O7Si. The number of ether oxygens (including phenoxy) is 2. The molecule has 2 N–H and O–H groups in total. The minimum absolute atomic E-state index is 0.00874. The van der Waals surface area contributed by atoms with Crippen molar-refractivity contribution in [2.24, 2.45) is 23.2 Å². The molecule has 0 unspecified atom stereocenters. The number of aryl methyl sites for hydroxylation is 1. The van der Waals surface area contributed by atoms with Crippen LogP contribution in [0, 0.1) is 23.2 Å². The van der Waals surface area contributed by atoms with Gasteiger partial charge in [-0.25, -0.2) is 5.43 Å². The van der Waals surface area contributed by atoms with E-state index in [0.29, 0.717) is 45.5 Å². The maximum absolute atomic E-state index is 15.0. The molecule has 15 heteroatoms. The predicted octanol–water partition coefficient (Wildman–Crippen LogP) is 6.05. The third kappa shape index (κ3) is 10.1. The number of pyridine rings is 1. The first kappa shape index (κ1) is 50.4. The summed E-state index contributed by atoms with van der Waals surface area (Å²) in [6.07, 6.45) is 4.49. The number of carbonyl (C=O) groups excluding carboxylic acids is 5. The number of aromatic nitrogens is 2. The van der Waals surface area contributed by atoms with E-state index >= 15 is 0 Å². The average molecular weight is 943 g/mol. The molecule has 2 saturated heterocycles. The summed E-state index contributed by atoms with van der Waals surface area (Å²) in [6, 6.07) is 16.7. The van der Waals surface area contributed by atoms with Gasteiger partial charge in [-0.2, -0.15) is 0 Å². The van der Waals surface area contributed by atoms with E-state index in [9.17, 15) is 24.0 Å². The van der Waals surface area contributed by atoms with E-state index in [4.69, 9.17) is 14.5 Å². The standard InChI is InChI=1S/C53H68N7O7Si/c1-11-44(61)58-28-33(5)41(29-58)49(63)57(9)46(32(3)4)48(62)55-42-25-35-16-13-17-36(24-35)37-19-20-43-39(26-37)40(47(59(43)12-2)38-18-14-22-54-45(38)34(6)66-10)27-52(7,8)30-67-31-53(51(65)68)21-15-23-60(56-53)50(42)64/h11,13-14,16-20,22,24,26,32-34,41-42,46,56H,1,12,15,21,23,25,27-31H2,2-10H3,(H,55,62)/t33-,34-,41-,42-,46-,53-/m0/s1. The highest BCUT2D eigenvalue weighted by molar-refractivity contribution is 6.60. The third-order valence-electron chi connectivity index (χ3n) is 14.2. The van der Waals surface area contributed by atoms with Gasteiger partial charge in [-0.15, -0.1) is 0 Å². The Balaban J connectivity index is 1.31. The van der Waals surface area contributed by atoms with Crippen LogP contribution in [0.5, 0.6) is 0 Å². The lowest BCUT2D eigenvalue weighted by Gasteiger charge is -2.43. The highest BCUT2D eigenvalue weighted by Gasteiger charge is 2.45. The molecule has 0 aliphatic carbocycles. The zero-order chi connectivity index (χ0) is 49.2. The van der Waals surface area contributed by atoms with E-state index in [2.05, 4.69) is 89.3 Å². The van der Waals surface area contributed by atoms with Crippen molar-refractivity contribution in [3.05, 3.63) is 90.3 Å². The molecule has 0 saturated carbocycles. The van der Waals surface area contributed by atoms with Gasteiger partial charge < -0.3 is 34.0 Å². The van der Waals surface area contributed by atoms with Crippen molar-refractivity contribution >= 4 is 50.2 Å². The Hall–Kier alpha value is -5.48. The number of nitrogens with zero attached hydrogens (tertiary/aromatic N) is 5. The SMILES string of the molecule is C=CC(=O)N1C[C@H](C(=O)N(C)[C@H](C(=O)N[C@H]2Cc3cccc(c3)-c3ccc4c(c3)c(c(-c3cccnc3[C@H](C)OC)n4CC)CC(C)(C)COC[C@]3(C(=O)[Si])CCCN(N3)C2=O)C(C)C)[C@@H](C)C1. The van der Waals surface area contributed by atoms with Crippen molar-refractivity contribution < 1.29 is 33.4 Å². The molecule has 14 nitrogen and oxygen atoms in total. The van der Waals surface area contributed by atoms with Crippen LogP contribution in [0.1, 0.15) is 84.2 Å². The number of rotatable bonds is 11.